The number of fused-ring (bicyclic) bond motifs is 1. The maximum absolute atomic E-state index is 12.4. The molecule has 3 rings (SSSR count). The molecule has 108 valence electrons. The lowest BCUT2D eigenvalue weighted by molar-refractivity contribution is 0.102. The molecule has 21 heavy (non-hydrogen) atoms. The standard InChI is InChI=1S/C16H16N2O3/c1-18-13-5-4-11(16(20)12(13)9-17-18)7-10-3-6-15(21-2)14(19)8-10/h3,6-9,19H,4-5H2,1-2H3. The van der Waals surface area contributed by atoms with Crippen molar-refractivity contribution in [3.63, 3.8) is 0 Å². The number of aromatic hydroxyl groups is 1. The summed E-state index contributed by atoms with van der Waals surface area (Å²) in [6, 6.07) is 5.10. The van der Waals surface area contributed by atoms with Crippen LogP contribution in [0.4, 0.5) is 0 Å². The van der Waals surface area contributed by atoms with Crippen LogP contribution >= 0.6 is 0 Å². The monoisotopic (exact) mass is 284 g/mol. The van der Waals surface area contributed by atoms with E-state index in [0.29, 0.717) is 17.7 Å². The van der Waals surface area contributed by atoms with E-state index in [2.05, 4.69) is 5.10 Å². The summed E-state index contributed by atoms with van der Waals surface area (Å²) in [6.07, 6.45) is 4.91. The van der Waals surface area contributed by atoms with E-state index in [1.807, 2.05) is 19.2 Å². The molecule has 1 heterocycles. The van der Waals surface area contributed by atoms with Crippen LogP contribution in [0.15, 0.2) is 30.0 Å². The molecule has 1 N–H and O–H groups in total. The van der Waals surface area contributed by atoms with E-state index >= 15 is 0 Å². The van der Waals surface area contributed by atoms with Crippen LogP contribution in [0.5, 0.6) is 11.5 Å². The van der Waals surface area contributed by atoms with Gasteiger partial charge in [-0.15, -0.1) is 0 Å². The molecule has 0 atom stereocenters. The number of methoxy groups -OCH3 is 1. The first-order valence-electron chi connectivity index (χ1n) is 6.73. The van der Waals surface area contributed by atoms with Gasteiger partial charge in [0.15, 0.2) is 17.3 Å². The van der Waals surface area contributed by atoms with Crippen molar-refractivity contribution in [2.75, 3.05) is 7.11 Å². The van der Waals surface area contributed by atoms with Gasteiger partial charge in [0.2, 0.25) is 0 Å². The number of ether oxygens (including phenoxy) is 1. The van der Waals surface area contributed by atoms with Crippen molar-refractivity contribution < 1.29 is 14.6 Å². The molecule has 0 fully saturated rings. The Labute approximate surface area is 122 Å². The third-order valence-electron chi connectivity index (χ3n) is 3.77. The van der Waals surface area contributed by atoms with Gasteiger partial charge in [0.05, 0.1) is 18.9 Å². The number of phenols is 1. The average Bonchev–Trinajstić information content (AvgIpc) is 2.84. The number of hydrogen-bond donors (Lipinski definition) is 1. The molecule has 0 amide bonds. The number of Topliss-reactive ketones (excluding diaryl/α,β-unsaturated/α-hetero) is 1. The molecule has 0 saturated heterocycles. The average molecular weight is 284 g/mol. The van der Waals surface area contributed by atoms with Crippen LogP contribution in [0.2, 0.25) is 0 Å². The first-order chi connectivity index (χ1) is 10.1. The Morgan fingerprint density at radius 1 is 1.38 bits per heavy atom. The number of hydrogen-bond acceptors (Lipinski definition) is 4. The number of phenolic OH excluding ortho intramolecular Hbond substituents is 1. The van der Waals surface area contributed by atoms with E-state index < -0.39 is 0 Å². The second kappa shape index (κ2) is 5.09. The summed E-state index contributed by atoms with van der Waals surface area (Å²) in [6.45, 7) is 0. The Balaban J connectivity index is 1.94. The molecule has 5 heteroatoms. The predicted octanol–water partition coefficient (Wildman–Crippen LogP) is 2.35. The van der Waals surface area contributed by atoms with Gasteiger partial charge >= 0.3 is 0 Å². The molecule has 1 aliphatic carbocycles. The quantitative estimate of drug-likeness (QED) is 0.860. The molecular formula is C16H16N2O3. The highest BCUT2D eigenvalue weighted by molar-refractivity contribution is 6.12. The summed E-state index contributed by atoms with van der Waals surface area (Å²) in [5, 5.41) is 13.9. The molecule has 1 aliphatic rings. The lowest BCUT2D eigenvalue weighted by atomic mass is 9.90. The zero-order valence-electron chi connectivity index (χ0n) is 12.0. The van der Waals surface area contributed by atoms with Gasteiger partial charge in [-0.05, 0) is 36.6 Å². The van der Waals surface area contributed by atoms with Gasteiger partial charge in [0, 0.05) is 18.3 Å². The minimum absolute atomic E-state index is 0.0136. The zero-order valence-corrected chi connectivity index (χ0v) is 12.0. The summed E-state index contributed by atoms with van der Waals surface area (Å²) in [7, 11) is 3.35. The minimum Gasteiger partial charge on any atom is -0.504 e. The SMILES string of the molecule is COc1ccc(C=C2CCc3c(cnn3C)C2=O)cc1O. The summed E-state index contributed by atoms with van der Waals surface area (Å²) < 4.78 is 6.76. The molecule has 0 spiro atoms. The third kappa shape index (κ3) is 2.31. The van der Waals surface area contributed by atoms with Gasteiger partial charge in [-0.1, -0.05) is 6.07 Å². The van der Waals surface area contributed by atoms with Gasteiger partial charge in [-0.3, -0.25) is 9.48 Å². The highest BCUT2D eigenvalue weighted by atomic mass is 16.5. The largest absolute Gasteiger partial charge is 0.504 e. The Kier molecular flexibility index (Phi) is 3.25. The summed E-state index contributed by atoms with van der Waals surface area (Å²) >= 11 is 0. The summed E-state index contributed by atoms with van der Waals surface area (Å²) in [4.78, 5) is 12.4. The van der Waals surface area contributed by atoms with Crippen LogP contribution in [0.1, 0.15) is 28.0 Å². The lowest BCUT2D eigenvalue weighted by Gasteiger charge is -2.14. The summed E-state index contributed by atoms with van der Waals surface area (Å²) in [5.74, 6) is 0.499. The Bertz CT molecular complexity index is 744. The number of ketones is 1. The Morgan fingerprint density at radius 3 is 2.90 bits per heavy atom. The second-order valence-electron chi connectivity index (χ2n) is 5.06. The number of allylic oxidation sites excluding steroid dienone is 1. The van der Waals surface area contributed by atoms with Crippen LogP contribution in [-0.4, -0.2) is 27.8 Å². The third-order valence-corrected chi connectivity index (χ3v) is 3.77. The van der Waals surface area contributed by atoms with Gasteiger partial charge in [0.25, 0.3) is 0 Å². The molecule has 1 aromatic heterocycles. The van der Waals surface area contributed by atoms with Gasteiger partial charge in [-0.25, -0.2) is 0 Å². The van der Waals surface area contributed by atoms with Crippen LogP contribution in [0, 0.1) is 0 Å². The van der Waals surface area contributed by atoms with E-state index in [-0.39, 0.29) is 11.5 Å². The molecule has 0 radical (unpaired) electrons. The molecular weight excluding hydrogens is 268 g/mol. The Morgan fingerprint density at radius 2 is 2.19 bits per heavy atom. The number of nitrogens with zero attached hydrogens (tertiary/aromatic N) is 2. The van der Waals surface area contributed by atoms with Crippen molar-refractivity contribution in [1.29, 1.82) is 0 Å². The minimum atomic E-state index is 0.0136. The van der Waals surface area contributed by atoms with Crippen molar-refractivity contribution in [1.82, 2.24) is 9.78 Å². The molecule has 1 aromatic carbocycles. The normalized spacial score (nSPS) is 16.1. The van der Waals surface area contributed by atoms with E-state index in [1.165, 1.54) is 7.11 Å². The molecule has 2 aromatic rings. The highest BCUT2D eigenvalue weighted by Gasteiger charge is 2.24. The van der Waals surface area contributed by atoms with Gasteiger partial charge in [-0.2, -0.15) is 5.10 Å². The van der Waals surface area contributed by atoms with Crippen molar-refractivity contribution in [3.8, 4) is 11.5 Å². The zero-order chi connectivity index (χ0) is 15.0. The number of benzene rings is 1. The maximum atomic E-state index is 12.4. The first-order valence-corrected chi connectivity index (χ1v) is 6.73. The van der Waals surface area contributed by atoms with Crippen LogP contribution in [0.25, 0.3) is 6.08 Å². The fourth-order valence-corrected chi connectivity index (χ4v) is 2.62. The van der Waals surface area contributed by atoms with Crippen molar-refractivity contribution in [2.24, 2.45) is 7.05 Å². The van der Waals surface area contributed by atoms with Crippen molar-refractivity contribution >= 4 is 11.9 Å². The number of rotatable bonds is 2. The Hall–Kier alpha value is -2.56. The van der Waals surface area contributed by atoms with Gasteiger partial charge in [0.1, 0.15) is 0 Å². The fraction of sp³-hybridized carbons (Fsp3) is 0.250. The van der Waals surface area contributed by atoms with Crippen molar-refractivity contribution in [2.45, 2.75) is 12.8 Å². The summed E-state index contributed by atoms with van der Waals surface area (Å²) in [5.41, 5.74) is 3.17. The number of aryl methyl sites for hydroxylation is 1. The van der Waals surface area contributed by atoms with E-state index in [1.54, 1.807) is 23.0 Å². The predicted molar refractivity (Wildman–Crippen MR) is 78.5 cm³/mol. The van der Waals surface area contributed by atoms with Crippen LogP contribution in [0.3, 0.4) is 0 Å². The molecule has 0 unspecified atom stereocenters. The second-order valence-corrected chi connectivity index (χ2v) is 5.06. The fourth-order valence-electron chi connectivity index (χ4n) is 2.62. The van der Waals surface area contributed by atoms with Gasteiger partial charge < -0.3 is 9.84 Å². The smallest absolute Gasteiger partial charge is 0.192 e. The number of carbonyl (C=O) groups excluding carboxylic acids is 1. The maximum Gasteiger partial charge on any atom is 0.192 e. The lowest BCUT2D eigenvalue weighted by Crippen LogP contribution is -2.14. The topological polar surface area (TPSA) is 64.4 Å². The van der Waals surface area contributed by atoms with Crippen LogP contribution < -0.4 is 4.74 Å². The molecule has 0 aliphatic heterocycles. The van der Waals surface area contributed by atoms with Crippen molar-refractivity contribution in [3.05, 3.63) is 46.8 Å². The van der Waals surface area contributed by atoms with Crippen LogP contribution in [-0.2, 0) is 13.5 Å². The molecule has 0 saturated carbocycles. The van der Waals surface area contributed by atoms with E-state index in [4.69, 9.17) is 4.74 Å². The number of aromatic nitrogens is 2. The first kappa shape index (κ1) is 13.4. The van der Waals surface area contributed by atoms with E-state index in [9.17, 15) is 9.90 Å². The molecule has 0 bridgehead atoms. The highest BCUT2D eigenvalue weighted by Crippen LogP contribution is 2.30. The van der Waals surface area contributed by atoms with E-state index in [0.717, 1.165) is 23.3 Å². The molecule has 5 nitrogen and oxygen atoms in total. The number of carbonyl (C=O) groups is 1.